The van der Waals surface area contributed by atoms with Crippen molar-refractivity contribution in [3.8, 4) is 0 Å². The second-order valence-corrected chi connectivity index (χ2v) is 9.60. The maximum atomic E-state index is 13.7. The van der Waals surface area contributed by atoms with Crippen LogP contribution in [-0.4, -0.2) is 52.5 Å². The zero-order valence-corrected chi connectivity index (χ0v) is 21.3. The number of nitrogens with zero attached hydrogens (tertiary/aromatic N) is 3. The molecule has 0 amide bonds. The van der Waals surface area contributed by atoms with Crippen LogP contribution >= 0.6 is 0 Å². The maximum absolute atomic E-state index is 13.7. The number of nitro benzene ring substituents is 1. The first-order valence-corrected chi connectivity index (χ1v) is 12.0. The van der Waals surface area contributed by atoms with Gasteiger partial charge in [-0.05, 0) is 38.5 Å². The third-order valence-corrected chi connectivity index (χ3v) is 6.77. The molecule has 1 fully saturated rings. The van der Waals surface area contributed by atoms with Crippen molar-refractivity contribution in [2.45, 2.75) is 45.3 Å². The molecule has 0 saturated carbocycles. The van der Waals surface area contributed by atoms with Crippen molar-refractivity contribution in [3.63, 3.8) is 0 Å². The van der Waals surface area contributed by atoms with Crippen molar-refractivity contribution in [1.29, 1.82) is 0 Å². The monoisotopic (exact) mass is 506 g/mol. The number of dihydropyridines is 1. The maximum Gasteiger partial charge on any atom is 0.337 e. The zero-order valence-electron chi connectivity index (χ0n) is 21.3. The van der Waals surface area contributed by atoms with Crippen LogP contribution in [0.3, 0.4) is 0 Å². The van der Waals surface area contributed by atoms with Crippen molar-refractivity contribution in [2.75, 3.05) is 20.2 Å². The minimum absolute atomic E-state index is 0.142. The fourth-order valence-electron chi connectivity index (χ4n) is 5.04. The Hall–Kier alpha value is -4.05. The minimum Gasteiger partial charge on any atom is -0.466 e. The summed E-state index contributed by atoms with van der Waals surface area (Å²) in [5, 5.41) is 14.6. The molecular weight excluding hydrogens is 476 g/mol. The number of aromatic nitrogens is 1. The molecule has 0 spiro atoms. The Bertz CT molecular complexity index is 1290. The van der Waals surface area contributed by atoms with Crippen molar-refractivity contribution in [1.82, 2.24) is 15.2 Å². The lowest BCUT2D eigenvalue weighted by atomic mass is 9.80. The van der Waals surface area contributed by atoms with Gasteiger partial charge in [0.25, 0.3) is 5.69 Å². The van der Waals surface area contributed by atoms with Gasteiger partial charge in [0.05, 0.1) is 34.8 Å². The molecule has 0 bridgehead atoms. The number of nitrogens with one attached hydrogen (secondary N) is 1. The first-order chi connectivity index (χ1) is 17.6. The van der Waals surface area contributed by atoms with Crippen LogP contribution in [0.25, 0.3) is 0 Å². The number of likely N-dealkylation sites (tertiary alicyclic amines) is 1. The van der Waals surface area contributed by atoms with Crippen LogP contribution in [0.4, 0.5) is 5.69 Å². The number of allylic oxidation sites excluding steroid dienone is 2. The van der Waals surface area contributed by atoms with E-state index in [1.165, 1.54) is 25.3 Å². The van der Waals surface area contributed by atoms with Crippen LogP contribution < -0.4 is 5.32 Å². The lowest BCUT2D eigenvalue weighted by Gasteiger charge is -2.32. The van der Waals surface area contributed by atoms with Crippen LogP contribution in [0.5, 0.6) is 0 Å². The molecule has 0 radical (unpaired) electrons. The first-order valence-electron chi connectivity index (χ1n) is 12.0. The van der Waals surface area contributed by atoms with Gasteiger partial charge in [-0.2, -0.15) is 0 Å². The van der Waals surface area contributed by atoms with Gasteiger partial charge >= 0.3 is 11.9 Å². The number of nitro groups is 1. The molecule has 1 aromatic carbocycles. The molecule has 3 heterocycles. The number of pyridine rings is 1. The summed E-state index contributed by atoms with van der Waals surface area (Å²) in [4.78, 5) is 44.1. The Balaban J connectivity index is 1.64. The SMILES string of the molecule is COC(=O)C1=C(C)NC(C)=C(C(=O)OC2(C)CCN(Cc3ccccn3)C2)C1c1cccc([N+](=O)[O-])c1. The van der Waals surface area contributed by atoms with E-state index in [4.69, 9.17) is 9.47 Å². The number of hydrogen-bond donors (Lipinski definition) is 1. The highest BCUT2D eigenvalue weighted by molar-refractivity contribution is 6.00. The summed E-state index contributed by atoms with van der Waals surface area (Å²) in [6, 6.07) is 11.7. The summed E-state index contributed by atoms with van der Waals surface area (Å²) in [5.74, 6) is -2.11. The number of methoxy groups -OCH3 is 1. The number of carbonyl (C=O) groups is 2. The van der Waals surface area contributed by atoms with Crippen LogP contribution in [-0.2, 0) is 25.6 Å². The molecule has 1 aromatic heterocycles. The van der Waals surface area contributed by atoms with Crippen LogP contribution in [0, 0.1) is 10.1 Å². The molecular formula is C27H30N4O6. The molecule has 2 aliphatic heterocycles. The van der Waals surface area contributed by atoms with E-state index < -0.39 is 28.4 Å². The summed E-state index contributed by atoms with van der Waals surface area (Å²) in [6.45, 7) is 7.22. The molecule has 1 N–H and O–H groups in total. The van der Waals surface area contributed by atoms with Gasteiger partial charge in [0.1, 0.15) is 5.60 Å². The standard InChI is InChI=1S/C27H30N4O6/c1-17-22(25(32)36-4)24(19-8-7-10-21(14-19)31(34)35)23(18(2)29-17)26(33)37-27(3)11-13-30(16-27)15-20-9-5-6-12-28-20/h5-10,12,14,24,29H,11,13,15-16H2,1-4H3. The molecule has 0 aliphatic carbocycles. The number of non-ortho nitro benzene ring substituents is 1. The third kappa shape index (κ3) is 5.54. The normalized spacial score (nSPS) is 22.0. The highest BCUT2D eigenvalue weighted by Crippen LogP contribution is 2.41. The lowest BCUT2D eigenvalue weighted by molar-refractivity contribution is -0.384. The van der Waals surface area contributed by atoms with E-state index in [0.29, 0.717) is 36.5 Å². The van der Waals surface area contributed by atoms with Gasteiger partial charge < -0.3 is 14.8 Å². The topological polar surface area (TPSA) is 124 Å². The Morgan fingerprint density at radius 2 is 1.89 bits per heavy atom. The Morgan fingerprint density at radius 1 is 1.16 bits per heavy atom. The molecule has 2 atom stereocenters. The Labute approximate surface area is 215 Å². The second kappa shape index (κ2) is 10.5. The molecule has 2 aromatic rings. The smallest absolute Gasteiger partial charge is 0.337 e. The molecule has 2 aliphatic rings. The number of hydrogen-bond acceptors (Lipinski definition) is 9. The summed E-state index contributed by atoms with van der Waals surface area (Å²) in [6.07, 6.45) is 2.38. The number of rotatable bonds is 7. The average Bonchev–Trinajstić information content (AvgIpc) is 3.23. The van der Waals surface area contributed by atoms with Gasteiger partial charge in [0.2, 0.25) is 0 Å². The highest BCUT2D eigenvalue weighted by atomic mass is 16.6. The Kier molecular flexibility index (Phi) is 7.40. The number of carbonyl (C=O) groups excluding carboxylic acids is 2. The van der Waals surface area contributed by atoms with E-state index >= 15 is 0 Å². The van der Waals surface area contributed by atoms with E-state index in [0.717, 1.165) is 12.2 Å². The van der Waals surface area contributed by atoms with Gasteiger partial charge in [-0.1, -0.05) is 18.2 Å². The Morgan fingerprint density at radius 3 is 2.54 bits per heavy atom. The largest absolute Gasteiger partial charge is 0.466 e. The minimum atomic E-state index is -0.893. The third-order valence-electron chi connectivity index (χ3n) is 6.77. The van der Waals surface area contributed by atoms with E-state index in [9.17, 15) is 19.7 Å². The van der Waals surface area contributed by atoms with E-state index in [1.807, 2.05) is 25.1 Å². The molecule has 37 heavy (non-hydrogen) atoms. The van der Waals surface area contributed by atoms with Gasteiger partial charge in [-0.3, -0.25) is 20.0 Å². The van der Waals surface area contributed by atoms with E-state index in [1.54, 1.807) is 26.1 Å². The quantitative estimate of drug-likeness (QED) is 0.341. The molecule has 10 heteroatoms. The van der Waals surface area contributed by atoms with Gasteiger partial charge in [-0.25, -0.2) is 9.59 Å². The van der Waals surface area contributed by atoms with Crippen molar-refractivity contribution in [3.05, 3.63) is 92.6 Å². The van der Waals surface area contributed by atoms with Gasteiger partial charge in [-0.15, -0.1) is 0 Å². The molecule has 2 unspecified atom stereocenters. The fraction of sp³-hybridized carbons (Fsp3) is 0.370. The number of esters is 2. The molecule has 194 valence electrons. The van der Waals surface area contributed by atoms with Crippen molar-refractivity contribution < 1.29 is 24.0 Å². The predicted molar refractivity (Wildman–Crippen MR) is 135 cm³/mol. The zero-order chi connectivity index (χ0) is 26.7. The predicted octanol–water partition coefficient (Wildman–Crippen LogP) is 3.61. The highest BCUT2D eigenvalue weighted by Gasteiger charge is 2.43. The van der Waals surface area contributed by atoms with Crippen LogP contribution in [0.2, 0.25) is 0 Å². The lowest BCUT2D eigenvalue weighted by Crippen LogP contribution is -2.39. The van der Waals surface area contributed by atoms with Gasteiger partial charge in [0, 0.05) is 55.8 Å². The summed E-state index contributed by atoms with van der Waals surface area (Å²) in [7, 11) is 1.26. The van der Waals surface area contributed by atoms with Crippen molar-refractivity contribution >= 4 is 17.6 Å². The second-order valence-electron chi connectivity index (χ2n) is 9.60. The first kappa shape index (κ1) is 26.0. The molecule has 10 nitrogen and oxygen atoms in total. The summed E-state index contributed by atoms with van der Waals surface area (Å²) in [5.41, 5.74) is 1.90. The number of ether oxygens (including phenoxy) is 2. The fourth-order valence-corrected chi connectivity index (χ4v) is 5.04. The molecule has 4 rings (SSSR count). The van der Waals surface area contributed by atoms with Crippen molar-refractivity contribution in [2.24, 2.45) is 0 Å². The summed E-state index contributed by atoms with van der Waals surface area (Å²) >= 11 is 0. The summed E-state index contributed by atoms with van der Waals surface area (Å²) < 4.78 is 11.1. The van der Waals surface area contributed by atoms with Crippen LogP contribution in [0.15, 0.2) is 71.2 Å². The van der Waals surface area contributed by atoms with E-state index in [-0.39, 0.29) is 16.8 Å². The van der Waals surface area contributed by atoms with Crippen LogP contribution in [0.1, 0.15) is 44.4 Å². The average molecular weight is 507 g/mol. The van der Waals surface area contributed by atoms with Gasteiger partial charge in [0.15, 0.2) is 0 Å². The number of benzene rings is 1. The van der Waals surface area contributed by atoms with E-state index in [2.05, 4.69) is 15.2 Å². The molecule has 1 saturated heterocycles.